The molecule has 376 valence electrons. The van der Waals surface area contributed by atoms with E-state index in [1.165, 1.54) is 180 Å². The van der Waals surface area contributed by atoms with Gasteiger partial charge in [0.15, 0.2) is 0 Å². The predicted molar refractivity (Wildman–Crippen MR) is 277 cm³/mol. The summed E-state index contributed by atoms with van der Waals surface area (Å²) in [6.07, 6.45) is 60.5. The lowest BCUT2D eigenvalue weighted by Crippen LogP contribution is -2.45. The van der Waals surface area contributed by atoms with E-state index in [1.54, 1.807) is 6.08 Å². The normalized spacial score (nSPS) is 14.4. The maximum Gasteiger partial charge on any atom is 0.472 e. The number of phosphoric ester groups is 1. The summed E-state index contributed by atoms with van der Waals surface area (Å²) < 4.78 is 23.7. The van der Waals surface area contributed by atoms with E-state index < -0.39 is 20.0 Å². The number of nitrogens with zero attached hydrogens (tertiary/aromatic N) is 1. The number of hydrogen-bond acceptors (Lipinski definition) is 5. The molecule has 0 fully saturated rings. The Bertz CT molecular complexity index is 1180. The van der Waals surface area contributed by atoms with E-state index in [1.807, 2.05) is 27.2 Å². The van der Waals surface area contributed by atoms with Gasteiger partial charge >= 0.3 is 7.82 Å². The molecule has 0 aliphatic rings. The molecule has 0 aromatic heterocycles. The van der Waals surface area contributed by atoms with E-state index in [4.69, 9.17) is 9.05 Å². The van der Waals surface area contributed by atoms with Gasteiger partial charge in [0.1, 0.15) is 13.2 Å². The number of hydrogen-bond donors (Lipinski definition) is 3. The second-order valence-corrected chi connectivity index (χ2v) is 21.0. The zero-order valence-electron chi connectivity index (χ0n) is 42.8. The van der Waals surface area contributed by atoms with Crippen LogP contribution in [-0.2, 0) is 18.4 Å². The lowest BCUT2D eigenvalue weighted by atomic mass is 10.0. The second kappa shape index (κ2) is 46.6. The number of rotatable bonds is 49. The minimum absolute atomic E-state index is 0.0552. The number of phosphoric acid groups is 1. The fourth-order valence-electron chi connectivity index (χ4n) is 7.74. The number of nitrogens with one attached hydrogen (secondary N) is 1. The lowest BCUT2D eigenvalue weighted by Gasteiger charge is -2.25. The molecule has 0 saturated carbocycles. The molecule has 0 aliphatic heterocycles. The van der Waals surface area contributed by atoms with E-state index in [0.29, 0.717) is 17.4 Å². The van der Waals surface area contributed by atoms with Crippen molar-refractivity contribution in [3.05, 3.63) is 48.6 Å². The number of carbonyl (C=O) groups excluding carboxylic acids is 1. The van der Waals surface area contributed by atoms with Crippen LogP contribution in [0.4, 0.5) is 0 Å². The summed E-state index contributed by atoms with van der Waals surface area (Å²) in [6.45, 7) is 4.80. The van der Waals surface area contributed by atoms with Gasteiger partial charge in [-0.1, -0.05) is 223 Å². The number of carbonyl (C=O) groups is 1. The molecule has 3 N–H and O–H groups in total. The monoisotopic (exact) mass is 922 g/mol. The summed E-state index contributed by atoms with van der Waals surface area (Å²) in [6, 6.07) is -0.865. The Kier molecular flexibility index (Phi) is 45.4. The van der Waals surface area contributed by atoms with Crippen LogP contribution in [0.3, 0.4) is 0 Å². The van der Waals surface area contributed by atoms with E-state index in [2.05, 4.69) is 55.6 Å². The van der Waals surface area contributed by atoms with Crippen molar-refractivity contribution >= 4 is 13.7 Å². The lowest BCUT2D eigenvalue weighted by molar-refractivity contribution is -0.870. The molecule has 0 aromatic carbocycles. The zero-order valence-corrected chi connectivity index (χ0v) is 43.7. The first kappa shape index (κ1) is 62.5. The fourth-order valence-corrected chi connectivity index (χ4v) is 8.47. The molecule has 0 aliphatic carbocycles. The smallest absolute Gasteiger partial charge is 0.387 e. The summed E-state index contributed by atoms with van der Waals surface area (Å²) >= 11 is 0. The van der Waals surface area contributed by atoms with E-state index in [9.17, 15) is 19.4 Å². The van der Waals surface area contributed by atoms with Crippen LogP contribution >= 0.6 is 7.82 Å². The van der Waals surface area contributed by atoms with Crippen molar-refractivity contribution in [3.63, 3.8) is 0 Å². The summed E-state index contributed by atoms with van der Waals surface area (Å²) in [5.41, 5.74) is 0. The van der Waals surface area contributed by atoms with Crippen LogP contribution in [0.15, 0.2) is 48.6 Å². The topological polar surface area (TPSA) is 105 Å². The van der Waals surface area contributed by atoms with E-state index >= 15 is 0 Å². The second-order valence-electron chi connectivity index (χ2n) is 19.6. The summed E-state index contributed by atoms with van der Waals surface area (Å²) in [5, 5.41) is 13.9. The first-order valence-electron chi connectivity index (χ1n) is 27.0. The number of amides is 1. The van der Waals surface area contributed by atoms with Crippen molar-refractivity contribution < 1.29 is 32.9 Å². The Morgan fingerprint density at radius 2 is 0.906 bits per heavy atom. The molecule has 0 rings (SSSR count). The number of unbranched alkanes of at least 4 members (excludes halogenated alkanes) is 30. The van der Waals surface area contributed by atoms with Crippen LogP contribution < -0.4 is 5.32 Å². The summed E-state index contributed by atoms with van der Waals surface area (Å²) in [7, 11) is 1.55. The van der Waals surface area contributed by atoms with Gasteiger partial charge in [-0.3, -0.25) is 13.8 Å². The van der Waals surface area contributed by atoms with Gasteiger partial charge in [-0.25, -0.2) is 4.57 Å². The predicted octanol–water partition coefficient (Wildman–Crippen LogP) is 16.0. The quantitative estimate of drug-likeness (QED) is 0.0243. The third-order valence-electron chi connectivity index (χ3n) is 12.0. The van der Waals surface area contributed by atoms with Crippen LogP contribution in [0.25, 0.3) is 0 Å². The number of aliphatic hydroxyl groups excluding tert-OH is 1. The van der Waals surface area contributed by atoms with Gasteiger partial charge in [0.05, 0.1) is 39.9 Å². The van der Waals surface area contributed by atoms with Gasteiger partial charge in [0.25, 0.3) is 0 Å². The maximum absolute atomic E-state index is 12.9. The average Bonchev–Trinajstić information content (AvgIpc) is 3.25. The average molecular weight is 922 g/mol. The Morgan fingerprint density at radius 3 is 1.34 bits per heavy atom. The highest BCUT2D eigenvalue weighted by atomic mass is 31.2. The molecular weight excluding hydrogens is 816 g/mol. The van der Waals surface area contributed by atoms with Gasteiger partial charge < -0.3 is 19.8 Å². The molecule has 0 aromatic rings. The molecule has 0 radical (unpaired) electrons. The molecule has 0 heterocycles. The van der Waals surface area contributed by atoms with Crippen molar-refractivity contribution in [2.45, 2.75) is 257 Å². The number of allylic oxidation sites excluding steroid dienone is 7. The molecule has 1 amide bonds. The van der Waals surface area contributed by atoms with Crippen LogP contribution in [-0.4, -0.2) is 73.4 Å². The van der Waals surface area contributed by atoms with Gasteiger partial charge in [-0.15, -0.1) is 0 Å². The number of quaternary nitrogens is 1. The minimum atomic E-state index is -4.35. The molecule has 0 bridgehead atoms. The van der Waals surface area contributed by atoms with Crippen LogP contribution in [0.1, 0.15) is 245 Å². The summed E-state index contributed by atoms with van der Waals surface area (Å²) in [4.78, 5) is 23.2. The first-order chi connectivity index (χ1) is 31.0. The van der Waals surface area contributed by atoms with Gasteiger partial charge in [-0.05, 0) is 64.2 Å². The molecule has 0 saturated heterocycles. The van der Waals surface area contributed by atoms with Gasteiger partial charge in [-0.2, -0.15) is 0 Å². The van der Waals surface area contributed by atoms with Crippen LogP contribution in [0, 0.1) is 0 Å². The Balaban J connectivity index is 4.31. The van der Waals surface area contributed by atoms with E-state index in [-0.39, 0.29) is 19.1 Å². The SMILES string of the molecule is CCCCCCC/C=C\C/C=C\CCCCCCCCCCCCCC(=O)NC(COP(=O)(O)OCC[N+](C)(C)C)C(O)/C=C/CC/C=C/CCCCCCCCCCCCCCC. The summed E-state index contributed by atoms with van der Waals surface area (Å²) in [5.74, 6) is -0.188. The fraction of sp³-hybridized carbons (Fsp3) is 0.836. The molecule has 9 heteroatoms. The minimum Gasteiger partial charge on any atom is -0.387 e. The van der Waals surface area contributed by atoms with Crippen LogP contribution in [0.5, 0.6) is 0 Å². The number of aliphatic hydroxyl groups is 1. The molecular formula is C55H106N2O6P+. The van der Waals surface area contributed by atoms with E-state index in [0.717, 1.165) is 44.9 Å². The Morgan fingerprint density at radius 1 is 0.531 bits per heavy atom. The van der Waals surface area contributed by atoms with Crippen LogP contribution in [0.2, 0.25) is 0 Å². The first-order valence-corrected chi connectivity index (χ1v) is 28.5. The van der Waals surface area contributed by atoms with Crippen molar-refractivity contribution in [2.75, 3.05) is 40.9 Å². The van der Waals surface area contributed by atoms with Crippen molar-refractivity contribution in [1.82, 2.24) is 5.32 Å². The highest BCUT2D eigenvalue weighted by Gasteiger charge is 2.27. The molecule has 8 nitrogen and oxygen atoms in total. The third kappa shape index (κ3) is 48.4. The highest BCUT2D eigenvalue weighted by molar-refractivity contribution is 7.47. The van der Waals surface area contributed by atoms with Gasteiger partial charge in [0.2, 0.25) is 5.91 Å². The molecule has 3 unspecified atom stereocenters. The molecule has 64 heavy (non-hydrogen) atoms. The Labute approximate surface area is 397 Å². The number of likely N-dealkylation sites (N-methyl/N-ethyl adjacent to an activating group) is 1. The highest BCUT2D eigenvalue weighted by Crippen LogP contribution is 2.43. The zero-order chi connectivity index (χ0) is 47.1. The molecule has 0 spiro atoms. The van der Waals surface area contributed by atoms with Crippen molar-refractivity contribution in [1.29, 1.82) is 0 Å². The van der Waals surface area contributed by atoms with Crippen molar-refractivity contribution in [3.8, 4) is 0 Å². The maximum atomic E-state index is 12.9. The van der Waals surface area contributed by atoms with Gasteiger partial charge in [0, 0.05) is 6.42 Å². The Hall–Kier alpha value is -1.54. The molecule has 3 atom stereocenters. The standard InChI is InChI=1S/C55H105N2O6P/c1-6-8-10-12-14-16-18-20-22-24-26-27-28-29-31-33-35-37-39-41-43-45-47-49-55(59)56-53(52-63-64(60,61)62-51-50-57(3,4)5)54(58)48-46-44-42-40-38-36-34-32-30-25-23-21-19-17-15-13-11-9-7-2/h18,20,24,26,38,40,46,48,53-54,58H,6-17,19,21-23,25,27-37,39,41-45,47,49-52H2,1-5H3,(H-,56,59,60,61)/p+1/b20-18-,26-24-,40-38+,48-46+. The third-order valence-corrected chi connectivity index (χ3v) is 13.0. The van der Waals surface area contributed by atoms with Crippen molar-refractivity contribution in [2.24, 2.45) is 0 Å². The largest absolute Gasteiger partial charge is 0.472 e.